The molecule has 1 saturated heterocycles. The Hall–Kier alpha value is -5.95. The van der Waals surface area contributed by atoms with Crippen molar-refractivity contribution in [1.82, 2.24) is 30.5 Å². The summed E-state index contributed by atoms with van der Waals surface area (Å²) in [4.78, 5) is 109. The third-order valence-corrected chi connectivity index (χ3v) is 15.8. The van der Waals surface area contributed by atoms with Gasteiger partial charge < -0.3 is 85.9 Å². The summed E-state index contributed by atoms with van der Waals surface area (Å²) in [5.74, 6) is 3.98. The van der Waals surface area contributed by atoms with E-state index in [2.05, 4.69) is 51.7 Å². The normalized spacial score (nSPS) is 16.4. The Morgan fingerprint density at radius 2 is 1.77 bits per heavy atom. The maximum absolute atomic E-state index is 12.9. The third kappa shape index (κ3) is 22.0. The zero-order valence-corrected chi connectivity index (χ0v) is 47.5. The van der Waals surface area contributed by atoms with Crippen LogP contribution in [0.1, 0.15) is 59.9 Å². The molecule has 15 N–H and O–H groups in total. The van der Waals surface area contributed by atoms with E-state index in [4.69, 9.17) is 59.4 Å². The molecule has 5 aromatic rings. The van der Waals surface area contributed by atoms with Gasteiger partial charge in [0, 0.05) is 60.3 Å². The van der Waals surface area contributed by atoms with E-state index in [0.717, 1.165) is 4.57 Å². The first-order valence-electron chi connectivity index (χ1n) is 24.5. The molecule has 1 aliphatic rings. The number of ether oxygens (including phenoxy) is 4. The van der Waals surface area contributed by atoms with Crippen molar-refractivity contribution in [2.75, 3.05) is 69.5 Å². The zero-order chi connectivity index (χ0) is 59.4. The fraction of sp³-hybridized carbons (Fsp3) is 0.413. The van der Waals surface area contributed by atoms with Gasteiger partial charge in [0.05, 0.1) is 55.0 Å². The summed E-state index contributed by atoms with van der Waals surface area (Å²) in [5.41, 5.74) is 18.1. The average molecular weight is 1250 g/mol. The lowest BCUT2D eigenvalue weighted by Crippen LogP contribution is -2.36. The molecule has 3 amide bonds. The number of nitrogens with one attached hydrogen (secondary N) is 4. The molecule has 4 heterocycles. The summed E-state index contributed by atoms with van der Waals surface area (Å²) >= 11 is 1.21. The molecular formula is C46H59N10O21P3S2. The van der Waals surface area contributed by atoms with Gasteiger partial charge in [-0.25, -0.2) is 27.8 Å². The molecule has 0 saturated carbocycles. The van der Waals surface area contributed by atoms with Crippen molar-refractivity contribution in [2.24, 2.45) is 11.5 Å². The molecule has 2 aromatic carbocycles. The lowest BCUT2D eigenvalue weighted by molar-refractivity contribution is -0.128. The fourth-order valence-electron chi connectivity index (χ4n) is 7.46. The molecule has 82 heavy (non-hydrogen) atoms. The van der Waals surface area contributed by atoms with E-state index in [1.165, 1.54) is 23.6 Å². The molecule has 6 rings (SSSR count). The van der Waals surface area contributed by atoms with Gasteiger partial charge in [0.1, 0.15) is 53.9 Å². The number of nitrogen functional groups attached to an aromatic ring is 1. The second kappa shape index (κ2) is 31.6. The first-order chi connectivity index (χ1) is 39.0. The summed E-state index contributed by atoms with van der Waals surface area (Å²) in [7, 11) is -15.3. The van der Waals surface area contributed by atoms with Crippen LogP contribution in [0.25, 0.3) is 21.5 Å². The van der Waals surface area contributed by atoms with Crippen LogP contribution in [-0.2, 0) is 58.0 Å². The Kier molecular flexibility index (Phi) is 25.2. The number of carbonyl (C=O) groups excluding carboxylic acids is 3. The minimum Gasteiger partial charge on any atom is -0.489 e. The number of phosphoric acid groups is 1. The van der Waals surface area contributed by atoms with E-state index in [9.17, 15) is 46.7 Å². The van der Waals surface area contributed by atoms with Crippen LogP contribution in [-0.4, -0.2) is 142 Å². The van der Waals surface area contributed by atoms with Crippen molar-refractivity contribution in [1.29, 1.82) is 0 Å². The van der Waals surface area contributed by atoms with Crippen LogP contribution >= 0.6 is 36.4 Å². The molecule has 0 spiro atoms. The highest BCUT2D eigenvalue weighted by molar-refractivity contribution is 7.85. The first-order valence-corrected chi connectivity index (χ1v) is 30.8. The molecule has 0 aliphatic carbocycles. The van der Waals surface area contributed by atoms with Gasteiger partial charge in [-0.2, -0.15) is 13.4 Å². The summed E-state index contributed by atoms with van der Waals surface area (Å²) < 4.78 is 84.2. The van der Waals surface area contributed by atoms with Gasteiger partial charge in [-0.3, -0.25) is 23.5 Å². The number of amides is 3. The number of thiazole rings is 1. The van der Waals surface area contributed by atoms with E-state index >= 15 is 0 Å². The average Bonchev–Trinajstić information content (AvgIpc) is 4.04. The summed E-state index contributed by atoms with van der Waals surface area (Å²) in [6, 6.07) is 13.1. The predicted octanol–water partition coefficient (Wildman–Crippen LogP) is 1.02. The standard InChI is InChI=1S/C46H59N10O21P3S2/c47-27-72-36-21-41(74-37(36)23-73-78(62)76-79(63)77-80(64,65)66)56-22-30(42(49)55-46(56)61)8-5-14-52-40(58)25-71-38(48)24-70-33-9-4-7-29(17-33)43(59)53-13-3-1-2-12-51-39(57)20-32-26-81-44(54-32)34-18-28-10-11-31(19-35(28)75-45(34)60)50-15-6-16-82(67,68)69/h4,7,9-11,17-19,22,26,36-38,41,50,62-63H,1-3,6,12-16,20-21,23-25,27,47-48H2,(H,51,57)(H,52,58)(H,53,59)(H2,49,55,61)(H2,64,65,66)(H,67,68,69). The molecule has 36 heteroatoms. The molecule has 6 unspecified atom stereocenters. The topological polar surface area (TPSA) is 472 Å². The minimum absolute atomic E-state index is 0.00413. The van der Waals surface area contributed by atoms with E-state index in [1.807, 2.05) is 0 Å². The van der Waals surface area contributed by atoms with Gasteiger partial charge in [0.25, 0.3) is 16.0 Å². The molecule has 0 bridgehead atoms. The maximum atomic E-state index is 12.9. The summed E-state index contributed by atoms with van der Waals surface area (Å²) in [6.07, 6.45) is -0.303. The number of carbonyl (C=O) groups is 3. The number of hydrogen-bond donors (Lipinski definition) is 12. The third-order valence-electron chi connectivity index (χ3n) is 11.2. The number of nitrogens with two attached hydrogens (primary N) is 3. The number of rotatable bonds is 32. The smallest absolute Gasteiger partial charge is 0.476 e. The van der Waals surface area contributed by atoms with Crippen LogP contribution in [0.4, 0.5) is 11.5 Å². The van der Waals surface area contributed by atoms with E-state index in [0.29, 0.717) is 71.0 Å². The Labute approximate surface area is 473 Å². The van der Waals surface area contributed by atoms with Gasteiger partial charge >= 0.3 is 36.3 Å². The Morgan fingerprint density at radius 1 is 0.988 bits per heavy atom. The number of hydrogen-bond acceptors (Lipinski definition) is 25. The van der Waals surface area contributed by atoms with Crippen molar-refractivity contribution in [3.05, 3.63) is 97.8 Å². The van der Waals surface area contributed by atoms with Crippen molar-refractivity contribution in [3.8, 4) is 28.2 Å². The Morgan fingerprint density at radius 3 is 2.52 bits per heavy atom. The van der Waals surface area contributed by atoms with Crippen LogP contribution in [0.5, 0.6) is 5.75 Å². The van der Waals surface area contributed by atoms with E-state index < -0.39 is 90.2 Å². The quantitative estimate of drug-likeness (QED) is 0.00714. The van der Waals surface area contributed by atoms with Crippen LogP contribution in [0.3, 0.4) is 0 Å². The van der Waals surface area contributed by atoms with E-state index in [-0.39, 0.29) is 80.2 Å². The number of nitrogens with zero attached hydrogens (tertiary/aromatic N) is 3. The molecule has 6 atom stereocenters. The minimum atomic E-state index is -5.12. The highest BCUT2D eigenvalue weighted by atomic mass is 32.2. The fourth-order valence-corrected chi connectivity index (χ4v) is 10.8. The van der Waals surface area contributed by atoms with Crippen LogP contribution in [0.2, 0.25) is 0 Å². The lowest BCUT2D eigenvalue weighted by atomic mass is 10.1. The Bertz CT molecular complexity index is 3340. The van der Waals surface area contributed by atoms with Gasteiger partial charge in [-0.1, -0.05) is 17.9 Å². The van der Waals surface area contributed by atoms with E-state index in [1.54, 1.807) is 47.8 Å². The highest BCUT2D eigenvalue weighted by Crippen LogP contribution is 2.58. The van der Waals surface area contributed by atoms with Crippen LogP contribution in [0, 0.1) is 11.8 Å². The molecule has 1 aliphatic heterocycles. The van der Waals surface area contributed by atoms with Gasteiger partial charge in [-0.05, 0) is 62.1 Å². The van der Waals surface area contributed by atoms with Gasteiger partial charge in [0.15, 0.2) is 0 Å². The van der Waals surface area contributed by atoms with Crippen molar-refractivity contribution in [2.45, 2.75) is 63.2 Å². The number of fused-ring (bicyclic) bond motifs is 1. The summed E-state index contributed by atoms with van der Waals surface area (Å²) in [6.45, 7) is -0.451. The molecule has 0 radical (unpaired) electrons. The van der Waals surface area contributed by atoms with Crippen molar-refractivity contribution >= 4 is 86.7 Å². The SMILES string of the molecule is NCOC1CC(n2cc(C#CCNC(=O)COC(N)COc3cccc(C(=O)NCCCCCNC(=O)Cc4csc(-c5cc6ccc(NCCCS(=O)(=O)O)cc6oc5=O)n4)c3)c(N)nc2=O)OC1COP(O)OP(O)OP(=O)(O)O. The first kappa shape index (κ1) is 65.2. The summed E-state index contributed by atoms with van der Waals surface area (Å²) in [5, 5.41) is 14.0. The molecule has 3 aromatic heterocycles. The number of aromatic nitrogens is 3. The number of unbranched alkanes of at least 4 members (excludes halogenated alkanes) is 2. The van der Waals surface area contributed by atoms with Crippen molar-refractivity contribution < 1.29 is 88.0 Å². The van der Waals surface area contributed by atoms with Crippen molar-refractivity contribution in [3.63, 3.8) is 0 Å². The second-order valence-corrected chi connectivity index (χ2v) is 23.3. The second-order valence-electron chi connectivity index (χ2n) is 17.4. The maximum Gasteiger partial charge on any atom is 0.476 e. The molecular weight excluding hydrogens is 1190 g/mol. The van der Waals surface area contributed by atoms with Gasteiger partial charge in [0.2, 0.25) is 11.8 Å². The van der Waals surface area contributed by atoms with Crippen LogP contribution < -0.4 is 54.5 Å². The molecule has 31 nitrogen and oxygen atoms in total. The predicted molar refractivity (Wildman–Crippen MR) is 296 cm³/mol. The number of anilines is 2. The monoisotopic (exact) mass is 1240 g/mol. The van der Waals surface area contributed by atoms with Gasteiger partial charge in [-0.15, -0.1) is 11.3 Å². The largest absolute Gasteiger partial charge is 0.489 e. The molecule has 446 valence electrons. The Balaban J connectivity index is 0.835. The number of benzene rings is 2. The zero-order valence-electron chi connectivity index (χ0n) is 43.2. The lowest BCUT2D eigenvalue weighted by Gasteiger charge is -2.20. The highest BCUT2D eigenvalue weighted by Gasteiger charge is 2.39. The van der Waals surface area contributed by atoms with Crippen LogP contribution in [0.15, 0.2) is 74.1 Å². The molecule has 1 fully saturated rings.